The van der Waals surface area contributed by atoms with Gasteiger partial charge < -0.3 is 5.32 Å². The summed E-state index contributed by atoms with van der Waals surface area (Å²) in [5, 5.41) is 5.66. The smallest absolute Gasteiger partial charge is 0.255 e. The lowest BCUT2D eigenvalue weighted by Gasteiger charge is -2.13. The Balaban J connectivity index is 2.05. The van der Waals surface area contributed by atoms with Gasteiger partial charge in [-0.15, -0.1) is 16.2 Å². The van der Waals surface area contributed by atoms with Gasteiger partial charge in [0.05, 0.1) is 0 Å². The molecule has 7 heteroatoms. The van der Waals surface area contributed by atoms with E-state index in [2.05, 4.69) is 10.1 Å². The molecule has 0 unspecified atom stereocenters. The van der Waals surface area contributed by atoms with Gasteiger partial charge in [-0.1, -0.05) is 18.2 Å². The molecule has 0 saturated heterocycles. The Morgan fingerprint density at radius 3 is 2.67 bits per heavy atom. The highest BCUT2D eigenvalue weighted by Gasteiger charge is 2.27. The van der Waals surface area contributed by atoms with Crippen molar-refractivity contribution in [3.8, 4) is 0 Å². The average Bonchev–Trinajstić information content (AvgIpc) is 3.13. The topological polar surface area (TPSA) is 61.4 Å². The first-order chi connectivity index (χ1) is 9.97. The highest BCUT2D eigenvalue weighted by atomic mass is 32.2. The van der Waals surface area contributed by atoms with Crippen molar-refractivity contribution in [2.45, 2.75) is 30.3 Å². The maximum absolute atomic E-state index is 12.6. The molecule has 1 heterocycles. The lowest BCUT2D eigenvalue weighted by molar-refractivity contribution is 0.364. The van der Waals surface area contributed by atoms with Crippen molar-refractivity contribution in [2.75, 3.05) is 14.1 Å². The van der Waals surface area contributed by atoms with Crippen LogP contribution in [0, 0.1) is 0 Å². The van der Waals surface area contributed by atoms with E-state index < -0.39 is 10.0 Å². The summed E-state index contributed by atoms with van der Waals surface area (Å²) in [4.78, 5) is 3.82. The average molecular weight is 325 g/mol. The molecule has 114 valence electrons. The van der Waals surface area contributed by atoms with Crippen molar-refractivity contribution in [1.82, 2.24) is 15.2 Å². The summed E-state index contributed by atoms with van der Waals surface area (Å²) >= 11 is 1.55. The number of nitrogens with one attached hydrogen (secondary N) is 2. The van der Waals surface area contributed by atoms with Gasteiger partial charge in [0, 0.05) is 41.6 Å². The summed E-state index contributed by atoms with van der Waals surface area (Å²) in [6.45, 7) is 0.605. The molecule has 0 aliphatic heterocycles. The van der Waals surface area contributed by atoms with Gasteiger partial charge in [0.25, 0.3) is 10.0 Å². The van der Waals surface area contributed by atoms with Crippen LogP contribution in [-0.4, -0.2) is 33.6 Å². The van der Waals surface area contributed by atoms with Crippen molar-refractivity contribution in [3.63, 3.8) is 0 Å². The fraction of sp³-hybridized carbons (Fsp3) is 0.429. The second-order valence-electron chi connectivity index (χ2n) is 5.49. The van der Waals surface area contributed by atoms with Crippen LogP contribution in [-0.2, 0) is 16.6 Å². The molecule has 0 amide bonds. The predicted octanol–water partition coefficient (Wildman–Crippen LogP) is 1.91. The van der Waals surface area contributed by atoms with Crippen LogP contribution in [0.15, 0.2) is 29.2 Å². The van der Waals surface area contributed by atoms with E-state index in [4.69, 9.17) is 0 Å². The van der Waals surface area contributed by atoms with Crippen molar-refractivity contribution >= 4 is 31.4 Å². The van der Waals surface area contributed by atoms with Gasteiger partial charge in [-0.2, -0.15) is 0 Å². The molecule has 1 aromatic heterocycles. The van der Waals surface area contributed by atoms with Crippen LogP contribution >= 0.6 is 11.3 Å². The first-order valence-corrected chi connectivity index (χ1v) is 9.21. The summed E-state index contributed by atoms with van der Waals surface area (Å²) in [7, 11) is -0.205. The van der Waals surface area contributed by atoms with E-state index in [0.29, 0.717) is 17.5 Å². The van der Waals surface area contributed by atoms with E-state index in [0.717, 1.165) is 15.0 Å². The fourth-order valence-corrected chi connectivity index (χ4v) is 5.27. The van der Waals surface area contributed by atoms with E-state index in [9.17, 15) is 8.42 Å². The maximum atomic E-state index is 12.6. The molecule has 5 nitrogen and oxygen atoms in total. The zero-order chi connectivity index (χ0) is 15.0. The fourth-order valence-electron chi connectivity index (χ4n) is 2.29. The normalized spacial score (nSPS) is 16.0. The Kier molecular flexibility index (Phi) is 4.02. The molecule has 1 aromatic carbocycles. The number of sulfonamides is 1. The largest absolute Gasteiger partial charge is 0.309 e. The molecule has 0 bridgehead atoms. The Bertz CT molecular complexity index is 749. The molecule has 0 radical (unpaired) electrons. The summed E-state index contributed by atoms with van der Waals surface area (Å²) in [6, 6.07) is 8.20. The highest BCUT2D eigenvalue weighted by molar-refractivity contribution is 7.90. The van der Waals surface area contributed by atoms with E-state index >= 15 is 0 Å². The minimum atomic E-state index is -3.55. The van der Waals surface area contributed by atoms with Crippen molar-refractivity contribution in [3.05, 3.63) is 29.1 Å². The quantitative estimate of drug-likeness (QED) is 0.797. The van der Waals surface area contributed by atoms with Crippen LogP contribution in [0.2, 0.25) is 0 Å². The number of benzene rings is 1. The highest BCUT2D eigenvalue weighted by Crippen LogP contribution is 2.35. The van der Waals surface area contributed by atoms with Gasteiger partial charge in [0.15, 0.2) is 0 Å². The number of fused-ring (bicyclic) bond motifs is 1. The van der Waals surface area contributed by atoms with E-state index in [1.54, 1.807) is 25.4 Å². The molecule has 2 aromatic rings. The molecule has 1 aliphatic carbocycles. The van der Waals surface area contributed by atoms with E-state index in [1.807, 2.05) is 24.3 Å². The summed E-state index contributed by atoms with van der Waals surface area (Å²) in [5.41, 5.74) is 0. The monoisotopic (exact) mass is 325 g/mol. The van der Waals surface area contributed by atoms with Gasteiger partial charge in [-0.05, 0) is 18.9 Å². The third-order valence-corrected chi connectivity index (χ3v) is 6.23. The SMILES string of the molecule is CN(C)NS(=O)(=O)c1c(CNC2CC2)sc2ccccc12. The van der Waals surface area contributed by atoms with Crippen LogP contribution in [0.1, 0.15) is 17.7 Å². The second-order valence-corrected chi connectivity index (χ2v) is 8.23. The van der Waals surface area contributed by atoms with Crippen molar-refractivity contribution in [1.29, 1.82) is 0 Å². The molecule has 1 saturated carbocycles. The third kappa shape index (κ3) is 3.27. The lowest BCUT2D eigenvalue weighted by Crippen LogP contribution is -2.36. The van der Waals surface area contributed by atoms with Crippen LogP contribution in [0.25, 0.3) is 10.1 Å². The standard InChI is InChI=1S/C14H19N3O2S2/c1-17(2)16-21(18,19)14-11-5-3-4-6-12(11)20-13(14)9-15-10-7-8-10/h3-6,10,15-16H,7-9H2,1-2H3. The maximum Gasteiger partial charge on any atom is 0.255 e. The Labute approximate surface area is 129 Å². The molecule has 21 heavy (non-hydrogen) atoms. The van der Waals surface area contributed by atoms with Gasteiger partial charge in [0.2, 0.25) is 0 Å². The number of thiophene rings is 1. The van der Waals surface area contributed by atoms with E-state index in [1.165, 1.54) is 17.9 Å². The van der Waals surface area contributed by atoms with Gasteiger partial charge in [-0.3, -0.25) is 0 Å². The number of hydrazine groups is 1. The first-order valence-electron chi connectivity index (χ1n) is 6.91. The summed E-state index contributed by atoms with van der Waals surface area (Å²) in [6.07, 6.45) is 2.37. The number of hydrogen-bond acceptors (Lipinski definition) is 5. The Hall–Kier alpha value is -0.990. The Morgan fingerprint density at radius 2 is 2.00 bits per heavy atom. The lowest BCUT2D eigenvalue weighted by atomic mass is 10.2. The van der Waals surface area contributed by atoms with Crippen LogP contribution in [0.4, 0.5) is 0 Å². The minimum Gasteiger partial charge on any atom is -0.309 e. The van der Waals surface area contributed by atoms with Gasteiger partial charge in [-0.25, -0.2) is 13.4 Å². The molecule has 3 rings (SSSR count). The van der Waals surface area contributed by atoms with Gasteiger partial charge >= 0.3 is 0 Å². The first kappa shape index (κ1) is 14.9. The predicted molar refractivity (Wildman–Crippen MR) is 85.7 cm³/mol. The third-order valence-electron chi connectivity index (χ3n) is 3.32. The molecule has 2 N–H and O–H groups in total. The number of nitrogens with zero attached hydrogens (tertiary/aromatic N) is 1. The van der Waals surface area contributed by atoms with Crippen LogP contribution in [0.3, 0.4) is 0 Å². The molecule has 1 fully saturated rings. The second kappa shape index (κ2) is 5.66. The molecule has 0 atom stereocenters. The molecule has 1 aliphatic rings. The zero-order valence-corrected chi connectivity index (χ0v) is 13.7. The molecular formula is C14H19N3O2S2. The zero-order valence-electron chi connectivity index (χ0n) is 12.1. The minimum absolute atomic E-state index is 0.407. The van der Waals surface area contributed by atoms with Crippen LogP contribution < -0.4 is 10.1 Å². The van der Waals surface area contributed by atoms with E-state index in [-0.39, 0.29) is 0 Å². The van der Waals surface area contributed by atoms with Gasteiger partial charge in [0.1, 0.15) is 4.90 Å². The van der Waals surface area contributed by atoms with Crippen LogP contribution in [0.5, 0.6) is 0 Å². The van der Waals surface area contributed by atoms with Crippen molar-refractivity contribution < 1.29 is 8.42 Å². The Morgan fingerprint density at radius 1 is 1.29 bits per heavy atom. The van der Waals surface area contributed by atoms with Crippen molar-refractivity contribution in [2.24, 2.45) is 0 Å². The molecular weight excluding hydrogens is 306 g/mol. The summed E-state index contributed by atoms with van der Waals surface area (Å²) < 4.78 is 26.3. The molecule has 0 spiro atoms. The number of rotatable bonds is 6. The number of hydrogen-bond donors (Lipinski definition) is 2. The summed E-state index contributed by atoms with van der Waals surface area (Å²) in [5.74, 6) is 0.